The van der Waals surface area contributed by atoms with Gasteiger partial charge in [-0.05, 0) is 24.6 Å². The number of hydrogen-bond donors (Lipinski definition) is 3. The highest BCUT2D eigenvalue weighted by atomic mass is 16.6. The average Bonchev–Trinajstić information content (AvgIpc) is 3.32. The molecule has 9 nitrogen and oxygen atoms in total. The molecule has 32 heavy (non-hydrogen) atoms. The minimum absolute atomic E-state index is 0.122. The summed E-state index contributed by atoms with van der Waals surface area (Å²) >= 11 is 0. The Kier molecular flexibility index (Phi) is 5.54. The van der Waals surface area contributed by atoms with E-state index in [1.54, 1.807) is 18.3 Å². The van der Waals surface area contributed by atoms with Gasteiger partial charge < -0.3 is 25.4 Å². The quantitative estimate of drug-likeness (QED) is 0.560. The number of hydrogen-bond acceptors (Lipinski definition) is 8. The van der Waals surface area contributed by atoms with Gasteiger partial charge in [-0.1, -0.05) is 12.1 Å². The summed E-state index contributed by atoms with van der Waals surface area (Å²) in [5, 5.41) is 19.7. The predicted octanol–water partition coefficient (Wildman–Crippen LogP) is 1.73. The molecule has 3 N–H and O–H groups in total. The van der Waals surface area contributed by atoms with Crippen molar-refractivity contribution in [3.05, 3.63) is 54.0 Å². The number of ether oxygens (including phenoxy) is 2. The van der Waals surface area contributed by atoms with Crippen LogP contribution in [0.4, 0.5) is 5.69 Å². The van der Waals surface area contributed by atoms with Crippen molar-refractivity contribution in [3.8, 4) is 17.6 Å². The third-order valence-electron chi connectivity index (χ3n) is 5.60. The molecule has 1 amide bonds. The second-order valence-corrected chi connectivity index (χ2v) is 7.77. The van der Waals surface area contributed by atoms with Crippen molar-refractivity contribution in [1.82, 2.24) is 20.6 Å². The number of fused-ring (bicyclic) bond motifs is 2. The Bertz CT molecular complexity index is 1210. The molecule has 2 aromatic heterocycles. The molecule has 0 bridgehead atoms. The summed E-state index contributed by atoms with van der Waals surface area (Å²) in [6.45, 7) is 2.32. The number of para-hydroxylation sites is 1. The van der Waals surface area contributed by atoms with E-state index in [-0.39, 0.29) is 18.0 Å². The molecule has 1 aromatic carbocycles. The topological polar surface area (TPSA) is 121 Å². The Balaban J connectivity index is 1.19. The van der Waals surface area contributed by atoms with E-state index in [1.807, 2.05) is 30.3 Å². The van der Waals surface area contributed by atoms with E-state index >= 15 is 0 Å². The Morgan fingerprint density at radius 2 is 2.09 bits per heavy atom. The van der Waals surface area contributed by atoms with Crippen LogP contribution in [-0.4, -0.2) is 47.7 Å². The van der Waals surface area contributed by atoms with Gasteiger partial charge in [0.2, 0.25) is 5.91 Å². The van der Waals surface area contributed by atoms with Crippen molar-refractivity contribution in [3.63, 3.8) is 0 Å². The number of nitriles is 1. The molecule has 1 fully saturated rings. The SMILES string of the molecule is N#Cc1ccc2cccc(NC(=O)[C@@H]3C[C@@H](NCc4cc5c(cn4)OCCO5)CN3)c2n1. The van der Waals surface area contributed by atoms with Gasteiger partial charge in [0.1, 0.15) is 25.0 Å². The molecule has 0 saturated carbocycles. The van der Waals surface area contributed by atoms with Crippen molar-refractivity contribution in [2.45, 2.75) is 25.0 Å². The summed E-state index contributed by atoms with van der Waals surface area (Å²) in [6.07, 6.45) is 2.34. The Morgan fingerprint density at radius 3 is 2.97 bits per heavy atom. The fraction of sp³-hybridized carbons (Fsp3) is 0.304. The summed E-state index contributed by atoms with van der Waals surface area (Å²) in [5.41, 5.74) is 2.38. The molecule has 2 aliphatic heterocycles. The number of nitrogens with one attached hydrogen (secondary N) is 3. The van der Waals surface area contributed by atoms with Gasteiger partial charge in [-0.15, -0.1) is 0 Å². The average molecular weight is 430 g/mol. The fourth-order valence-corrected chi connectivity index (χ4v) is 3.96. The first-order valence-corrected chi connectivity index (χ1v) is 10.5. The molecule has 3 aromatic rings. The second kappa shape index (κ2) is 8.78. The third kappa shape index (κ3) is 4.19. The van der Waals surface area contributed by atoms with Crippen LogP contribution in [-0.2, 0) is 11.3 Å². The first kappa shape index (κ1) is 20.2. The van der Waals surface area contributed by atoms with Crippen LogP contribution < -0.4 is 25.4 Å². The number of carbonyl (C=O) groups is 1. The van der Waals surface area contributed by atoms with Crippen molar-refractivity contribution >= 4 is 22.5 Å². The van der Waals surface area contributed by atoms with Gasteiger partial charge in [-0.3, -0.25) is 9.78 Å². The highest BCUT2D eigenvalue weighted by Crippen LogP contribution is 2.29. The fourth-order valence-electron chi connectivity index (χ4n) is 3.96. The minimum Gasteiger partial charge on any atom is -0.486 e. The van der Waals surface area contributed by atoms with Crippen LogP contribution in [0, 0.1) is 11.3 Å². The van der Waals surface area contributed by atoms with Crippen molar-refractivity contribution in [1.29, 1.82) is 5.26 Å². The van der Waals surface area contributed by atoms with Crippen LogP contribution in [0.2, 0.25) is 0 Å². The van der Waals surface area contributed by atoms with Crippen LogP contribution in [0.1, 0.15) is 17.8 Å². The van der Waals surface area contributed by atoms with Crippen molar-refractivity contribution in [2.75, 3.05) is 25.1 Å². The number of pyridine rings is 2. The lowest BCUT2D eigenvalue weighted by atomic mass is 10.1. The molecular formula is C23H22N6O3. The first-order valence-electron chi connectivity index (χ1n) is 10.5. The molecule has 0 aliphatic carbocycles. The highest BCUT2D eigenvalue weighted by Gasteiger charge is 2.29. The largest absolute Gasteiger partial charge is 0.486 e. The summed E-state index contributed by atoms with van der Waals surface area (Å²) in [6, 6.07) is 12.8. The maximum absolute atomic E-state index is 12.9. The van der Waals surface area contributed by atoms with Gasteiger partial charge in [-0.25, -0.2) is 4.98 Å². The molecular weight excluding hydrogens is 408 g/mol. The van der Waals surface area contributed by atoms with E-state index in [9.17, 15) is 4.79 Å². The van der Waals surface area contributed by atoms with Crippen molar-refractivity contribution in [2.24, 2.45) is 0 Å². The Hall–Kier alpha value is -3.74. The van der Waals surface area contributed by atoms with E-state index in [1.165, 1.54) is 0 Å². The standard InChI is InChI=1S/C23H22N6O3/c24-10-15-5-4-14-2-1-3-18(22(14)28-15)29-23(30)19-8-16(12-27-19)25-11-17-9-20-21(13-26-17)32-7-6-31-20/h1-5,9,13,16,19,25,27H,6-8,11-12H2,(H,29,30)/t16-,19+/m1/s1. The first-order chi connectivity index (χ1) is 15.7. The summed E-state index contributed by atoms with van der Waals surface area (Å²) in [4.78, 5) is 21.6. The molecule has 2 atom stereocenters. The van der Waals surface area contributed by atoms with E-state index in [0.29, 0.717) is 61.1 Å². The van der Waals surface area contributed by atoms with Crippen LogP contribution in [0.3, 0.4) is 0 Å². The number of amides is 1. The number of aromatic nitrogens is 2. The van der Waals surface area contributed by atoms with Gasteiger partial charge in [0.25, 0.3) is 0 Å². The van der Waals surface area contributed by atoms with E-state index in [2.05, 4.69) is 25.9 Å². The molecule has 1 saturated heterocycles. The van der Waals surface area contributed by atoms with Gasteiger partial charge in [0.05, 0.1) is 29.1 Å². The highest BCUT2D eigenvalue weighted by molar-refractivity contribution is 6.02. The Morgan fingerprint density at radius 1 is 1.22 bits per heavy atom. The van der Waals surface area contributed by atoms with Crippen molar-refractivity contribution < 1.29 is 14.3 Å². The number of anilines is 1. The lowest BCUT2D eigenvalue weighted by Crippen LogP contribution is -2.35. The summed E-state index contributed by atoms with van der Waals surface area (Å²) in [5.74, 6) is 1.26. The normalized spacial score (nSPS) is 19.5. The molecule has 4 heterocycles. The van der Waals surface area contributed by atoms with Gasteiger partial charge >= 0.3 is 0 Å². The smallest absolute Gasteiger partial charge is 0.241 e. The van der Waals surface area contributed by atoms with Crippen LogP contribution >= 0.6 is 0 Å². The van der Waals surface area contributed by atoms with E-state index in [4.69, 9.17) is 14.7 Å². The molecule has 162 valence electrons. The molecule has 9 heteroatoms. The number of nitrogens with zero attached hydrogens (tertiary/aromatic N) is 3. The monoisotopic (exact) mass is 430 g/mol. The molecule has 0 spiro atoms. The summed E-state index contributed by atoms with van der Waals surface area (Å²) < 4.78 is 11.1. The maximum Gasteiger partial charge on any atom is 0.241 e. The molecule has 2 aliphatic rings. The van der Waals surface area contributed by atoms with E-state index < -0.39 is 0 Å². The Labute approximate surface area is 184 Å². The second-order valence-electron chi connectivity index (χ2n) is 7.77. The number of rotatable bonds is 5. The van der Waals surface area contributed by atoms with Gasteiger partial charge in [0, 0.05) is 30.6 Å². The number of carbonyl (C=O) groups excluding carboxylic acids is 1. The van der Waals surface area contributed by atoms with Gasteiger partial charge in [0.15, 0.2) is 11.5 Å². The lowest BCUT2D eigenvalue weighted by molar-refractivity contribution is -0.117. The zero-order valence-corrected chi connectivity index (χ0v) is 17.3. The molecule has 5 rings (SSSR count). The zero-order chi connectivity index (χ0) is 21.9. The van der Waals surface area contributed by atoms with Crippen LogP contribution in [0.5, 0.6) is 11.5 Å². The van der Waals surface area contributed by atoms with E-state index in [0.717, 1.165) is 11.1 Å². The zero-order valence-electron chi connectivity index (χ0n) is 17.3. The van der Waals surface area contributed by atoms with Gasteiger partial charge in [-0.2, -0.15) is 5.26 Å². The van der Waals surface area contributed by atoms with Crippen LogP contribution in [0.15, 0.2) is 42.6 Å². The lowest BCUT2D eigenvalue weighted by Gasteiger charge is -2.19. The molecule has 0 unspecified atom stereocenters. The maximum atomic E-state index is 12.9. The minimum atomic E-state index is -0.324. The molecule has 0 radical (unpaired) electrons. The van der Waals surface area contributed by atoms with Crippen LogP contribution in [0.25, 0.3) is 10.9 Å². The summed E-state index contributed by atoms with van der Waals surface area (Å²) in [7, 11) is 0. The third-order valence-corrected chi connectivity index (χ3v) is 5.60. The predicted molar refractivity (Wildman–Crippen MR) is 117 cm³/mol. The number of benzene rings is 1.